The van der Waals surface area contributed by atoms with Gasteiger partial charge in [0.15, 0.2) is 11.2 Å². The Labute approximate surface area is 164 Å². The number of hydrogen-bond donors (Lipinski definition) is 1. The third-order valence-corrected chi connectivity index (χ3v) is 5.27. The van der Waals surface area contributed by atoms with Crippen molar-refractivity contribution in [3.05, 3.63) is 26.7 Å². The van der Waals surface area contributed by atoms with Crippen LogP contribution >= 0.6 is 0 Å². The first-order valence-corrected chi connectivity index (χ1v) is 10.4. The predicted octanol–water partition coefficient (Wildman–Crippen LogP) is 1.90. The molecule has 1 fully saturated rings. The molecular weight excluding hydrogens is 358 g/mol. The number of carbonyl (C=O) groups excluding carboxylic acids is 1. The van der Waals surface area contributed by atoms with Crippen LogP contribution in [0.1, 0.15) is 58.7 Å². The molecule has 1 saturated heterocycles. The highest BCUT2D eigenvalue weighted by atomic mass is 16.2. The van der Waals surface area contributed by atoms with Crippen molar-refractivity contribution in [2.45, 2.75) is 72.4 Å². The highest BCUT2D eigenvalue weighted by molar-refractivity contribution is 5.77. The van der Waals surface area contributed by atoms with E-state index >= 15 is 0 Å². The standard InChI is InChI=1S/C20H31N5O3/c1-4-5-12-24-18-17(19(27)22-20(24)28)25(13-14(2)3)15(21-18)8-9-16(26)23-10-6-7-11-23/h14H,4-13H2,1-3H3,(H,22,27,28). The fourth-order valence-electron chi connectivity index (χ4n) is 3.84. The van der Waals surface area contributed by atoms with Gasteiger partial charge in [-0.3, -0.25) is 19.1 Å². The van der Waals surface area contributed by atoms with Gasteiger partial charge >= 0.3 is 5.69 Å². The van der Waals surface area contributed by atoms with Gasteiger partial charge in [0.05, 0.1) is 0 Å². The van der Waals surface area contributed by atoms with Gasteiger partial charge in [0.25, 0.3) is 5.56 Å². The molecule has 0 bridgehead atoms. The van der Waals surface area contributed by atoms with E-state index in [4.69, 9.17) is 0 Å². The fraction of sp³-hybridized carbons (Fsp3) is 0.700. The maximum atomic E-state index is 12.6. The summed E-state index contributed by atoms with van der Waals surface area (Å²) >= 11 is 0. The molecule has 0 spiro atoms. The van der Waals surface area contributed by atoms with Crippen molar-refractivity contribution >= 4 is 17.1 Å². The Bertz CT molecular complexity index is 947. The van der Waals surface area contributed by atoms with Gasteiger partial charge in [-0.25, -0.2) is 9.78 Å². The third-order valence-electron chi connectivity index (χ3n) is 5.27. The molecule has 3 heterocycles. The molecule has 0 aromatic carbocycles. The summed E-state index contributed by atoms with van der Waals surface area (Å²) < 4.78 is 3.46. The number of rotatable bonds is 8. The van der Waals surface area contributed by atoms with Crippen LogP contribution in [0.2, 0.25) is 0 Å². The number of aryl methyl sites for hydroxylation is 2. The van der Waals surface area contributed by atoms with E-state index in [2.05, 4.69) is 30.7 Å². The number of imidazole rings is 1. The van der Waals surface area contributed by atoms with Crippen LogP contribution in [0.15, 0.2) is 9.59 Å². The van der Waals surface area contributed by atoms with E-state index in [1.54, 1.807) is 4.57 Å². The number of aromatic nitrogens is 4. The van der Waals surface area contributed by atoms with E-state index in [-0.39, 0.29) is 5.91 Å². The number of nitrogens with one attached hydrogen (secondary N) is 1. The molecule has 8 heteroatoms. The molecule has 0 radical (unpaired) electrons. The number of aromatic amines is 1. The summed E-state index contributed by atoms with van der Waals surface area (Å²) in [6.07, 6.45) is 4.75. The summed E-state index contributed by atoms with van der Waals surface area (Å²) in [6, 6.07) is 0. The summed E-state index contributed by atoms with van der Waals surface area (Å²) in [4.78, 5) is 46.4. The molecule has 1 amide bonds. The SMILES string of the molecule is CCCCn1c(=O)[nH]c(=O)c2c1nc(CCC(=O)N1CCCC1)n2CC(C)C. The summed E-state index contributed by atoms with van der Waals surface area (Å²) in [5.74, 6) is 1.15. The van der Waals surface area contributed by atoms with Gasteiger partial charge in [0, 0.05) is 39.0 Å². The minimum atomic E-state index is -0.417. The van der Waals surface area contributed by atoms with Gasteiger partial charge in [-0.15, -0.1) is 0 Å². The Hall–Kier alpha value is -2.38. The first-order chi connectivity index (χ1) is 13.4. The normalized spacial score (nSPS) is 14.5. The number of fused-ring (bicyclic) bond motifs is 1. The molecule has 28 heavy (non-hydrogen) atoms. The second-order valence-corrected chi connectivity index (χ2v) is 8.06. The van der Waals surface area contributed by atoms with Gasteiger partial charge in [0.1, 0.15) is 5.82 Å². The average Bonchev–Trinajstić information content (AvgIpc) is 3.28. The van der Waals surface area contributed by atoms with Crippen molar-refractivity contribution in [1.29, 1.82) is 0 Å². The molecular formula is C20H31N5O3. The number of unbranched alkanes of at least 4 members (excludes halogenated alkanes) is 1. The third kappa shape index (κ3) is 4.20. The smallest absolute Gasteiger partial charge is 0.330 e. The first-order valence-electron chi connectivity index (χ1n) is 10.4. The molecule has 0 saturated carbocycles. The van der Waals surface area contributed by atoms with Gasteiger partial charge in [-0.2, -0.15) is 0 Å². The van der Waals surface area contributed by atoms with E-state index in [9.17, 15) is 14.4 Å². The highest BCUT2D eigenvalue weighted by Crippen LogP contribution is 2.17. The Kier molecular flexibility index (Phi) is 6.36. The molecule has 154 valence electrons. The molecule has 2 aromatic rings. The van der Waals surface area contributed by atoms with Gasteiger partial charge in [-0.1, -0.05) is 27.2 Å². The number of hydrogen-bond acceptors (Lipinski definition) is 4. The van der Waals surface area contributed by atoms with Crippen LogP contribution in [-0.4, -0.2) is 43.0 Å². The van der Waals surface area contributed by atoms with Crippen molar-refractivity contribution in [3.8, 4) is 0 Å². The second kappa shape index (κ2) is 8.75. The largest absolute Gasteiger partial charge is 0.343 e. The summed E-state index contributed by atoms with van der Waals surface area (Å²) in [5, 5.41) is 0. The summed E-state index contributed by atoms with van der Waals surface area (Å²) in [7, 11) is 0. The fourth-order valence-corrected chi connectivity index (χ4v) is 3.84. The lowest BCUT2D eigenvalue weighted by Crippen LogP contribution is -2.31. The van der Waals surface area contributed by atoms with E-state index in [1.165, 1.54) is 0 Å². The maximum absolute atomic E-state index is 12.6. The maximum Gasteiger partial charge on any atom is 0.330 e. The molecule has 0 atom stereocenters. The number of nitrogens with zero attached hydrogens (tertiary/aromatic N) is 4. The lowest BCUT2D eigenvalue weighted by atomic mass is 10.2. The van der Waals surface area contributed by atoms with Gasteiger partial charge in [-0.05, 0) is 25.2 Å². The minimum Gasteiger partial charge on any atom is -0.343 e. The summed E-state index contributed by atoms with van der Waals surface area (Å²) in [5.41, 5.74) is 0.0531. The first kappa shape index (κ1) is 20.4. The number of carbonyl (C=O) groups is 1. The Morgan fingerprint density at radius 1 is 1.18 bits per heavy atom. The van der Waals surface area contributed by atoms with E-state index < -0.39 is 11.2 Å². The zero-order valence-electron chi connectivity index (χ0n) is 17.2. The molecule has 8 nitrogen and oxygen atoms in total. The van der Waals surface area contributed by atoms with Crippen LogP contribution in [0.25, 0.3) is 11.2 Å². The molecule has 1 aliphatic rings. The van der Waals surface area contributed by atoms with Crippen LogP contribution in [0.4, 0.5) is 0 Å². The van der Waals surface area contributed by atoms with Crippen molar-refractivity contribution in [2.75, 3.05) is 13.1 Å². The van der Waals surface area contributed by atoms with Crippen molar-refractivity contribution in [3.63, 3.8) is 0 Å². The van der Waals surface area contributed by atoms with Crippen LogP contribution in [0.5, 0.6) is 0 Å². The topological polar surface area (TPSA) is 93.0 Å². The van der Waals surface area contributed by atoms with Crippen LogP contribution in [0.3, 0.4) is 0 Å². The molecule has 1 N–H and O–H groups in total. The summed E-state index contributed by atoms with van der Waals surface area (Å²) in [6.45, 7) is 9.01. The predicted molar refractivity (Wildman–Crippen MR) is 108 cm³/mol. The van der Waals surface area contributed by atoms with Crippen LogP contribution in [0, 0.1) is 5.92 Å². The average molecular weight is 390 g/mol. The van der Waals surface area contributed by atoms with E-state index in [0.717, 1.165) is 38.8 Å². The Morgan fingerprint density at radius 3 is 2.54 bits per heavy atom. The van der Waals surface area contributed by atoms with Crippen molar-refractivity contribution < 1.29 is 4.79 Å². The van der Waals surface area contributed by atoms with E-state index in [0.29, 0.717) is 48.8 Å². The second-order valence-electron chi connectivity index (χ2n) is 8.06. The number of H-pyrrole nitrogens is 1. The van der Waals surface area contributed by atoms with Crippen LogP contribution in [-0.2, 0) is 24.3 Å². The Morgan fingerprint density at radius 2 is 1.89 bits per heavy atom. The van der Waals surface area contributed by atoms with Crippen molar-refractivity contribution in [1.82, 2.24) is 24.0 Å². The number of likely N-dealkylation sites (tertiary alicyclic amines) is 1. The minimum absolute atomic E-state index is 0.137. The van der Waals surface area contributed by atoms with E-state index in [1.807, 2.05) is 9.47 Å². The quantitative estimate of drug-likeness (QED) is 0.746. The van der Waals surface area contributed by atoms with Crippen molar-refractivity contribution in [2.24, 2.45) is 5.92 Å². The van der Waals surface area contributed by atoms with Gasteiger partial charge < -0.3 is 9.47 Å². The molecule has 1 aliphatic heterocycles. The zero-order chi connectivity index (χ0) is 20.3. The molecule has 2 aromatic heterocycles. The monoisotopic (exact) mass is 389 g/mol. The van der Waals surface area contributed by atoms with Crippen LogP contribution < -0.4 is 11.2 Å². The lowest BCUT2D eigenvalue weighted by Gasteiger charge is -2.15. The zero-order valence-corrected chi connectivity index (χ0v) is 17.2. The molecule has 3 rings (SSSR count). The lowest BCUT2D eigenvalue weighted by molar-refractivity contribution is -0.130. The highest BCUT2D eigenvalue weighted by Gasteiger charge is 2.22. The van der Waals surface area contributed by atoms with Gasteiger partial charge in [0.2, 0.25) is 5.91 Å². The molecule has 0 aliphatic carbocycles. The Balaban J connectivity index is 2.00. The molecule has 0 unspecified atom stereocenters. The number of amides is 1.